The van der Waals surface area contributed by atoms with Gasteiger partial charge in [-0.2, -0.15) is 13.2 Å². The number of carboxylic acids is 1. The Kier molecular flexibility index (Phi) is 4.17. The quantitative estimate of drug-likeness (QED) is 0.797. The largest absolute Gasteiger partial charge is 0.478 e. The molecule has 1 amide bonds. The molecule has 0 bridgehead atoms. The average Bonchev–Trinajstić information content (AvgIpc) is 2.91. The van der Waals surface area contributed by atoms with Gasteiger partial charge in [0.1, 0.15) is 0 Å². The van der Waals surface area contributed by atoms with Crippen LogP contribution in [0.4, 0.5) is 18.9 Å². The van der Waals surface area contributed by atoms with Gasteiger partial charge < -0.3 is 15.7 Å². The Morgan fingerprint density at radius 2 is 2.00 bits per heavy atom. The Morgan fingerprint density at radius 1 is 1.29 bits per heavy atom. The van der Waals surface area contributed by atoms with Gasteiger partial charge in [-0.3, -0.25) is 4.79 Å². The van der Waals surface area contributed by atoms with Crippen molar-refractivity contribution in [3.63, 3.8) is 0 Å². The van der Waals surface area contributed by atoms with Gasteiger partial charge in [0.25, 0.3) is 0 Å². The minimum Gasteiger partial charge on any atom is -0.478 e. The van der Waals surface area contributed by atoms with Crippen LogP contribution in [0.3, 0.4) is 0 Å². The van der Waals surface area contributed by atoms with Crippen LogP contribution in [0.25, 0.3) is 0 Å². The number of carboxylic acid groups (broad SMARTS) is 1. The molecule has 1 aliphatic heterocycles. The molecule has 3 N–H and O–H groups in total. The molecule has 5 nitrogen and oxygen atoms in total. The Hall–Kier alpha value is -2.09. The van der Waals surface area contributed by atoms with Crippen LogP contribution in [0.1, 0.15) is 22.3 Å². The third-order valence-electron chi connectivity index (χ3n) is 3.21. The second-order valence-electron chi connectivity index (χ2n) is 4.78. The first-order valence-electron chi connectivity index (χ1n) is 6.24. The topological polar surface area (TPSA) is 78.4 Å². The summed E-state index contributed by atoms with van der Waals surface area (Å²) in [6.45, 7) is 1.12. The smallest absolute Gasteiger partial charge is 0.416 e. The number of benzene rings is 1. The molecule has 1 fully saturated rings. The molecular formula is C13H13F3N2O3. The maximum Gasteiger partial charge on any atom is 0.416 e. The first-order valence-corrected chi connectivity index (χ1v) is 6.24. The molecule has 1 aromatic rings. The molecule has 0 aliphatic carbocycles. The van der Waals surface area contributed by atoms with Crippen LogP contribution in [0.5, 0.6) is 0 Å². The number of amides is 1. The summed E-state index contributed by atoms with van der Waals surface area (Å²) in [7, 11) is 0. The lowest BCUT2D eigenvalue weighted by Crippen LogP contribution is -2.25. The maximum atomic E-state index is 12.7. The van der Waals surface area contributed by atoms with E-state index in [1.54, 1.807) is 0 Å². The van der Waals surface area contributed by atoms with E-state index in [4.69, 9.17) is 5.11 Å². The van der Waals surface area contributed by atoms with Crippen molar-refractivity contribution in [1.82, 2.24) is 5.32 Å². The predicted octanol–water partition coefficient (Wildman–Crippen LogP) is 1.95. The summed E-state index contributed by atoms with van der Waals surface area (Å²) in [5.41, 5.74) is -1.80. The van der Waals surface area contributed by atoms with E-state index in [9.17, 15) is 22.8 Å². The molecule has 1 aromatic carbocycles. The van der Waals surface area contributed by atoms with Gasteiger partial charge in [0.15, 0.2) is 0 Å². The number of rotatable bonds is 3. The minimum atomic E-state index is -4.68. The van der Waals surface area contributed by atoms with E-state index in [0.29, 0.717) is 25.6 Å². The number of alkyl halides is 3. The van der Waals surface area contributed by atoms with Crippen molar-refractivity contribution in [2.45, 2.75) is 12.6 Å². The van der Waals surface area contributed by atoms with Crippen LogP contribution in [0.2, 0.25) is 0 Å². The molecule has 1 heterocycles. The third-order valence-corrected chi connectivity index (χ3v) is 3.21. The molecule has 0 saturated carbocycles. The number of carbonyl (C=O) groups excluding carboxylic acids is 1. The van der Waals surface area contributed by atoms with Crippen LogP contribution in [-0.2, 0) is 11.0 Å². The lowest BCUT2D eigenvalue weighted by Gasteiger charge is -2.13. The van der Waals surface area contributed by atoms with E-state index >= 15 is 0 Å². The predicted molar refractivity (Wildman–Crippen MR) is 68.0 cm³/mol. The van der Waals surface area contributed by atoms with E-state index in [0.717, 1.165) is 12.1 Å². The second kappa shape index (κ2) is 5.72. The number of hydrogen-bond donors (Lipinski definition) is 3. The van der Waals surface area contributed by atoms with Gasteiger partial charge in [-0.15, -0.1) is 0 Å². The summed E-state index contributed by atoms with van der Waals surface area (Å²) >= 11 is 0. The molecule has 1 aliphatic rings. The molecule has 1 saturated heterocycles. The van der Waals surface area contributed by atoms with Crippen molar-refractivity contribution in [2.75, 3.05) is 18.4 Å². The van der Waals surface area contributed by atoms with E-state index in [2.05, 4.69) is 10.6 Å². The normalized spacial score (nSPS) is 18.5. The van der Waals surface area contributed by atoms with E-state index in [1.165, 1.54) is 0 Å². The number of halogens is 3. The summed E-state index contributed by atoms with van der Waals surface area (Å²) < 4.78 is 38.2. The average molecular weight is 302 g/mol. The number of carbonyl (C=O) groups is 2. The number of hydrogen-bond acceptors (Lipinski definition) is 3. The number of aromatic carboxylic acids is 1. The highest BCUT2D eigenvalue weighted by atomic mass is 19.4. The molecule has 2 rings (SSSR count). The first-order chi connectivity index (χ1) is 9.77. The van der Waals surface area contributed by atoms with Gasteiger partial charge >= 0.3 is 12.1 Å². The zero-order valence-electron chi connectivity index (χ0n) is 10.8. The fourth-order valence-corrected chi connectivity index (χ4v) is 2.11. The molecule has 1 unspecified atom stereocenters. The number of nitrogens with one attached hydrogen (secondary N) is 2. The maximum absolute atomic E-state index is 12.7. The van der Waals surface area contributed by atoms with Gasteiger partial charge in [0, 0.05) is 12.2 Å². The van der Waals surface area contributed by atoms with Gasteiger partial charge in [0.2, 0.25) is 5.91 Å². The van der Waals surface area contributed by atoms with Crippen LogP contribution >= 0.6 is 0 Å². The number of anilines is 1. The monoisotopic (exact) mass is 302 g/mol. The highest BCUT2D eigenvalue weighted by Crippen LogP contribution is 2.32. The van der Waals surface area contributed by atoms with Crippen molar-refractivity contribution < 1.29 is 27.9 Å². The fraction of sp³-hybridized carbons (Fsp3) is 0.385. The Bertz CT molecular complexity index is 566. The fourth-order valence-electron chi connectivity index (χ4n) is 2.11. The summed E-state index contributed by atoms with van der Waals surface area (Å²) in [5, 5.41) is 14.2. The zero-order valence-corrected chi connectivity index (χ0v) is 10.8. The molecule has 21 heavy (non-hydrogen) atoms. The highest BCUT2D eigenvalue weighted by Gasteiger charge is 2.32. The minimum absolute atomic E-state index is 0.167. The summed E-state index contributed by atoms with van der Waals surface area (Å²) in [4.78, 5) is 22.8. The SMILES string of the molecule is O=C(O)c1cc(NC(=O)C2CCNC2)cc(C(F)(F)F)c1. The Morgan fingerprint density at radius 3 is 2.52 bits per heavy atom. The standard InChI is InChI=1S/C13H13F3N2O3/c14-13(15,16)9-3-8(12(20)21)4-10(5-9)18-11(19)7-1-2-17-6-7/h3-5,7,17H,1-2,6H2,(H,18,19)(H,20,21). The van der Waals surface area contributed by atoms with Crippen LogP contribution < -0.4 is 10.6 Å². The van der Waals surface area contributed by atoms with Gasteiger partial charge in [0.05, 0.1) is 17.0 Å². The molecule has 0 spiro atoms. The Balaban J connectivity index is 2.27. The van der Waals surface area contributed by atoms with Crippen LogP contribution in [0, 0.1) is 5.92 Å². The molecule has 1 atom stereocenters. The molecule has 8 heteroatoms. The molecule has 0 aromatic heterocycles. The van der Waals surface area contributed by atoms with Crippen molar-refractivity contribution in [3.05, 3.63) is 29.3 Å². The second-order valence-corrected chi connectivity index (χ2v) is 4.78. The van der Waals surface area contributed by atoms with Crippen molar-refractivity contribution in [3.8, 4) is 0 Å². The molecular weight excluding hydrogens is 289 g/mol. The summed E-state index contributed by atoms with van der Waals surface area (Å²) in [6, 6.07) is 2.28. The summed E-state index contributed by atoms with van der Waals surface area (Å²) in [5.74, 6) is -2.23. The Labute approximate surface area is 118 Å². The van der Waals surface area contributed by atoms with Gasteiger partial charge in [-0.25, -0.2) is 4.79 Å². The van der Waals surface area contributed by atoms with Gasteiger partial charge in [-0.05, 0) is 31.2 Å². The van der Waals surface area contributed by atoms with Crippen molar-refractivity contribution in [1.29, 1.82) is 0 Å². The highest BCUT2D eigenvalue weighted by molar-refractivity contribution is 5.95. The summed E-state index contributed by atoms with van der Waals surface area (Å²) in [6.07, 6.45) is -4.09. The zero-order chi connectivity index (χ0) is 15.6. The van der Waals surface area contributed by atoms with Crippen LogP contribution in [-0.4, -0.2) is 30.1 Å². The molecule has 0 radical (unpaired) electrons. The van der Waals surface area contributed by atoms with Crippen LogP contribution in [0.15, 0.2) is 18.2 Å². The lowest BCUT2D eigenvalue weighted by atomic mass is 10.1. The van der Waals surface area contributed by atoms with E-state index in [-0.39, 0.29) is 11.6 Å². The molecule has 114 valence electrons. The van der Waals surface area contributed by atoms with E-state index < -0.39 is 29.2 Å². The lowest BCUT2D eigenvalue weighted by molar-refractivity contribution is -0.137. The first kappa shape index (κ1) is 15.3. The van der Waals surface area contributed by atoms with Gasteiger partial charge in [-0.1, -0.05) is 0 Å². The third kappa shape index (κ3) is 3.72. The van der Waals surface area contributed by atoms with E-state index in [1.807, 2.05) is 0 Å². The van der Waals surface area contributed by atoms with Crippen molar-refractivity contribution >= 4 is 17.6 Å². The van der Waals surface area contributed by atoms with Crippen molar-refractivity contribution in [2.24, 2.45) is 5.92 Å².